The Hall–Kier alpha value is -3.52. The molecule has 0 unspecified atom stereocenters. The highest BCUT2D eigenvalue weighted by Crippen LogP contribution is 2.40. The second kappa shape index (κ2) is 9.95. The van der Waals surface area contributed by atoms with Crippen LogP contribution in [0.3, 0.4) is 0 Å². The molecule has 33 heavy (non-hydrogen) atoms. The van der Waals surface area contributed by atoms with Gasteiger partial charge in [0, 0.05) is 22.7 Å². The maximum Gasteiger partial charge on any atom is 0.341 e. The maximum absolute atomic E-state index is 12.6. The van der Waals surface area contributed by atoms with Gasteiger partial charge in [0.15, 0.2) is 0 Å². The lowest BCUT2D eigenvalue weighted by Crippen LogP contribution is -2.09. The average molecular weight is 465 g/mol. The van der Waals surface area contributed by atoms with Crippen LogP contribution in [-0.2, 0) is 24.0 Å². The fourth-order valence-electron chi connectivity index (χ4n) is 4.06. The van der Waals surface area contributed by atoms with Crippen molar-refractivity contribution in [2.45, 2.75) is 39.0 Å². The number of rotatable bonds is 7. The number of carbonyl (C=O) groups excluding carboxylic acids is 1. The number of aryl methyl sites for hydroxylation is 1. The molecule has 0 radical (unpaired) electrons. The van der Waals surface area contributed by atoms with Gasteiger partial charge in [-0.3, -0.25) is 10.1 Å². The van der Waals surface area contributed by atoms with Gasteiger partial charge in [-0.05, 0) is 61.8 Å². The topological polar surface area (TPSA) is 102 Å². The maximum atomic E-state index is 12.6. The van der Waals surface area contributed by atoms with Crippen molar-refractivity contribution < 1.29 is 19.6 Å². The predicted molar refractivity (Wildman–Crippen MR) is 128 cm³/mol. The van der Waals surface area contributed by atoms with Gasteiger partial charge in [-0.1, -0.05) is 30.3 Å². The number of esters is 1. The van der Waals surface area contributed by atoms with Crippen molar-refractivity contribution in [2.75, 3.05) is 6.61 Å². The normalized spacial score (nSPS) is 13.1. The molecule has 0 spiro atoms. The molecule has 1 aliphatic carbocycles. The van der Waals surface area contributed by atoms with Gasteiger partial charge in [0.05, 0.1) is 17.1 Å². The largest absolute Gasteiger partial charge is 0.502 e. The molecule has 7 nitrogen and oxygen atoms in total. The minimum atomic E-state index is -0.602. The minimum Gasteiger partial charge on any atom is -0.502 e. The molecule has 0 saturated carbocycles. The number of hydrogen-bond donors (Lipinski definition) is 1. The molecule has 3 aromatic rings. The van der Waals surface area contributed by atoms with E-state index in [4.69, 9.17) is 4.74 Å². The fraction of sp³-hybridized carbons (Fsp3) is 0.280. The van der Waals surface area contributed by atoms with Crippen LogP contribution in [0.5, 0.6) is 5.75 Å². The Labute approximate surface area is 195 Å². The van der Waals surface area contributed by atoms with E-state index in [0.717, 1.165) is 41.7 Å². The van der Waals surface area contributed by atoms with E-state index < -0.39 is 16.6 Å². The number of phenols is 1. The monoisotopic (exact) mass is 464 g/mol. The molecule has 4 rings (SSSR count). The molecule has 0 saturated heterocycles. The first-order valence-electron chi connectivity index (χ1n) is 10.9. The number of nitrogens with zero attached hydrogens (tertiary/aromatic N) is 2. The summed E-state index contributed by atoms with van der Waals surface area (Å²) in [5.74, 6) is -0.850. The first-order chi connectivity index (χ1) is 16.0. The third kappa shape index (κ3) is 4.96. The van der Waals surface area contributed by atoms with Crippen LogP contribution >= 0.6 is 11.3 Å². The number of phenolic OH excluding ortho intramolecular Hbond substituents is 1. The number of aromatic hydroxyl groups is 1. The average Bonchev–Trinajstić information content (AvgIpc) is 3.18. The SMILES string of the molecule is CCOC(=O)c1c(N=Cc2cc(Cc3ccccc3)cc([N+](=O)[O-])c2O)sc2c1CCCC2. The van der Waals surface area contributed by atoms with Crippen molar-refractivity contribution >= 4 is 34.2 Å². The van der Waals surface area contributed by atoms with Crippen LogP contribution in [0.4, 0.5) is 10.7 Å². The number of thiophene rings is 1. The first kappa shape index (κ1) is 22.7. The van der Waals surface area contributed by atoms with E-state index in [-0.39, 0.29) is 17.9 Å². The molecule has 1 aliphatic rings. The molecule has 8 heteroatoms. The lowest BCUT2D eigenvalue weighted by molar-refractivity contribution is -0.385. The van der Waals surface area contributed by atoms with Gasteiger partial charge in [-0.15, -0.1) is 11.3 Å². The molecule has 0 aliphatic heterocycles. The number of nitro benzene ring substituents is 1. The molecular formula is C25H24N2O5S. The van der Waals surface area contributed by atoms with Gasteiger partial charge in [-0.2, -0.15) is 0 Å². The van der Waals surface area contributed by atoms with Crippen molar-refractivity contribution in [1.29, 1.82) is 0 Å². The van der Waals surface area contributed by atoms with Crippen molar-refractivity contribution in [3.05, 3.63) is 85.3 Å². The fourth-order valence-corrected chi connectivity index (χ4v) is 5.28. The Morgan fingerprint density at radius 1 is 1.21 bits per heavy atom. The predicted octanol–water partition coefficient (Wildman–Crippen LogP) is 5.76. The summed E-state index contributed by atoms with van der Waals surface area (Å²) in [4.78, 5) is 29.2. The number of carbonyl (C=O) groups is 1. The summed E-state index contributed by atoms with van der Waals surface area (Å²) in [5, 5.41) is 22.6. The third-order valence-corrected chi connectivity index (χ3v) is 6.78. The summed E-state index contributed by atoms with van der Waals surface area (Å²) >= 11 is 1.44. The Morgan fingerprint density at radius 2 is 1.97 bits per heavy atom. The zero-order chi connectivity index (χ0) is 23.4. The molecule has 0 fully saturated rings. The van der Waals surface area contributed by atoms with Crippen LogP contribution in [-0.4, -0.2) is 28.8 Å². The van der Waals surface area contributed by atoms with E-state index >= 15 is 0 Å². The molecule has 170 valence electrons. The molecule has 2 aromatic carbocycles. The number of aliphatic imine (C=N–C) groups is 1. The van der Waals surface area contributed by atoms with E-state index in [2.05, 4.69) is 4.99 Å². The summed E-state index contributed by atoms with van der Waals surface area (Å²) in [6.45, 7) is 2.02. The van der Waals surface area contributed by atoms with Gasteiger partial charge in [-0.25, -0.2) is 9.79 Å². The summed E-state index contributed by atoms with van der Waals surface area (Å²) < 4.78 is 5.26. The molecule has 1 N–H and O–H groups in total. The molecule has 0 amide bonds. The van der Waals surface area contributed by atoms with Crippen LogP contribution in [0.25, 0.3) is 0 Å². The molecule has 0 atom stereocenters. The molecular weight excluding hydrogens is 440 g/mol. The second-order valence-corrected chi connectivity index (χ2v) is 8.93. The molecule has 0 bridgehead atoms. The first-order valence-corrected chi connectivity index (χ1v) is 11.7. The zero-order valence-electron chi connectivity index (χ0n) is 18.2. The Bertz CT molecular complexity index is 1220. The van der Waals surface area contributed by atoms with Gasteiger partial charge < -0.3 is 9.84 Å². The standard InChI is InChI=1S/C25H24N2O5S/c1-2-32-25(29)22-19-10-6-7-11-21(19)33-24(22)26-15-18-13-17(12-16-8-4-3-5-9-16)14-20(23(18)28)27(30)31/h3-5,8-9,13-15,28H,2,6-7,10-12H2,1H3. The third-order valence-electron chi connectivity index (χ3n) is 5.58. The molecule has 1 aromatic heterocycles. The van der Waals surface area contributed by atoms with E-state index in [1.165, 1.54) is 23.6 Å². The van der Waals surface area contributed by atoms with Crippen LogP contribution in [0.2, 0.25) is 0 Å². The van der Waals surface area contributed by atoms with Gasteiger partial charge in [0.2, 0.25) is 5.75 Å². The van der Waals surface area contributed by atoms with E-state index in [0.29, 0.717) is 22.5 Å². The lowest BCUT2D eigenvalue weighted by atomic mass is 9.95. The summed E-state index contributed by atoms with van der Waals surface area (Å²) in [6.07, 6.45) is 5.65. The highest BCUT2D eigenvalue weighted by atomic mass is 32.1. The van der Waals surface area contributed by atoms with Gasteiger partial charge in [0.1, 0.15) is 5.00 Å². The van der Waals surface area contributed by atoms with Crippen molar-refractivity contribution in [3.63, 3.8) is 0 Å². The Balaban J connectivity index is 1.74. The molecule has 1 heterocycles. The van der Waals surface area contributed by atoms with Crippen molar-refractivity contribution in [3.8, 4) is 5.75 Å². The summed E-state index contributed by atoms with van der Waals surface area (Å²) in [6, 6.07) is 12.7. The smallest absolute Gasteiger partial charge is 0.341 e. The highest BCUT2D eigenvalue weighted by molar-refractivity contribution is 7.16. The number of hydrogen-bond acceptors (Lipinski definition) is 7. The number of ether oxygens (including phenoxy) is 1. The highest BCUT2D eigenvalue weighted by Gasteiger charge is 2.26. The summed E-state index contributed by atoms with van der Waals surface area (Å²) in [5.41, 5.74) is 3.00. The van der Waals surface area contributed by atoms with Crippen LogP contribution in [0, 0.1) is 10.1 Å². The van der Waals surface area contributed by atoms with Crippen LogP contribution in [0.1, 0.15) is 57.3 Å². The Morgan fingerprint density at radius 3 is 2.70 bits per heavy atom. The van der Waals surface area contributed by atoms with Crippen LogP contribution in [0.15, 0.2) is 47.5 Å². The van der Waals surface area contributed by atoms with E-state index in [9.17, 15) is 20.0 Å². The van der Waals surface area contributed by atoms with E-state index in [1.807, 2.05) is 30.3 Å². The van der Waals surface area contributed by atoms with Gasteiger partial charge >= 0.3 is 11.7 Å². The number of nitro groups is 1. The van der Waals surface area contributed by atoms with Crippen molar-refractivity contribution in [1.82, 2.24) is 0 Å². The Kier molecular flexibility index (Phi) is 6.84. The lowest BCUT2D eigenvalue weighted by Gasteiger charge is -2.11. The second-order valence-electron chi connectivity index (χ2n) is 7.84. The quantitative estimate of drug-likeness (QED) is 0.207. The number of benzene rings is 2. The van der Waals surface area contributed by atoms with Crippen molar-refractivity contribution in [2.24, 2.45) is 4.99 Å². The zero-order valence-corrected chi connectivity index (χ0v) is 19.1. The summed E-state index contributed by atoms with van der Waals surface area (Å²) in [7, 11) is 0. The van der Waals surface area contributed by atoms with Crippen LogP contribution < -0.4 is 0 Å². The number of fused-ring (bicyclic) bond motifs is 1. The minimum absolute atomic E-state index is 0.233. The van der Waals surface area contributed by atoms with Gasteiger partial charge in [0.25, 0.3) is 0 Å². The van der Waals surface area contributed by atoms with E-state index in [1.54, 1.807) is 13.0 Å².